The molecule has 1 aromatic heterocycles. The van der Waals surface area contributed by atoms with E-state index in [2.05, 4.69) is 9.38 Å². The number of ether oxygens (including phenoxy) is 1. The predicted octanol–water partition coefficient (Wildman–Crippen LogP) is 4.62. The zero-order valence-corrected chi connectivity index (χ0v) is 19.7. The van der Waals surface area contributed by atoms with Gasteiger partial charge in [-0.25, -0.2) is 14.0 Å². The summed E-state index contributed by atoms with van der Waals surface area (Å²) in [5.41, 5.74) is 1.04. The van der Waals surface area contributed by atoms with Crippen molar-refractivity contribution in [3.8, 4) is 0 Å². The van der Waals surface area contributed by atoms with Crippen molar-refractivity contribution in [1.29, 1.82) is 0 Å². The molecule has 1 fully saturated rings. The number of carbonyl (C=O) groups is 1. The number of aromatic nitrogens is 1. The highest BCUT2D eigenvalue weighted by Gasteiger charge is 2.49. The highest BCUT2D eigenvalue weighted by molar-refractivity contribution is 7.85. The standard InChI is InChI=1S/C19H28ClN3O3S2/c1-17(2,3)26-16(24)23-9-7-19(8-10-23)11-12-13(27-15(20)21-12)14(19)22-28(25)18(4,5)6/h7-11H2,1-6H3/t28-/m0/s1. The lowest BCUT2D eigenvalue weighted by molar-refractivity contribution is 0.0159. The van der Waals surface area contributed by atoms with E-state index in [-0.39, 0.29) is 11.5 Å². The molecule has 1 aromatic rings. The normalized spacial score (nSPS) is 21.8. The average molecular weight is 446 g/mol. The lowest BCUT2D eigenvalue weighted by Gasteiger charge is -2.39. The van der Waals surface area contributed by atoms with Crippen molar-refractivity contribution in [3.63, 3.8) is 0 Å². The molecule has 0 N–H and O–H groups in total. The zero-order chi connectivity index (χ0) is 20.9. The molecule has 0 saturated carbocycles. The van der Waals surface area contributed by atoms with Crippen LogP contribution in [0.1, 0.15) is 65.0 Å². The van der Waals surface area contributed by atoms with Gasteiger partial charge in [0.1, 0.15) is 16.6 Å². The number of hydrogen-bond donors (Lipinski definition) is 0. The molecule has 0 bridgehead atoms. The molecular formula is C19H28ClN3O3S2. The highest BCUT2D eigenvalue weighted by Crippen LogP contribution is 2.48. The van der Waals surface area contributed by atoms with Crippen LogP contribution in [0.25, 0.3) is 0 Å². The molecule has 0 aromatic carbocycles. The van der Waals surface area contributed by atoms with Crippen LogP contribution >= 0.6 is 22.9 Å². The molecule has 2 aliphatic rings. The molecule has 1 aliphatic carbocycles. The summed E-state index contributed by atoms with van der Waals surface area (Å²) < 4.78 is 23.0. The molecule has 3 rings (SSSR count). The van der Waals surface area contributed by atoms with Gasteiger partial charge in [0.25, 0.3) is 0 Å². The fourth-order valence-corrected chi connectivity index (χ4v) is 5.52. The van der Waals surface area contributed by atoms with Gasteiger partial charge < -0.3 is 9.64 Å². The van der Waals surface area contributed by atoms with Crippen molar-refractivity contribution in [2.45, 2.75) is 71.2 Å². The van der Waals surface area contributed by atoms with E-state index in [1.807, 2.05) is 41.5 Å². The second-order valence-corrected chi connectivity index (χ2v) is 13.0. The summed E-state index contributed by atoms with van der Waals surface area (Å²) in [4.78, 5) is 19.6. The molecule has 28 heavy (non-hydrogen) atoms. The lowest BCUT2D eigenvalue weighted by Crippen LogP contribution is -2.47. The van der Waals surface area contributed by atoms with Gasteiger partial charge in [-0.1, -0.05) is 11.6 Å². The topological polar surface area (TPSA) is 71.9 Å². The van der Waals surface area contributed by atoms with Crippen LogP contribution < -0.4 is 0 Å². The van der Waals surface area contributed by atoms with Crippen molar-refractivity contribution in [1.82, 2.24) is 9.88 Å². The number of piperidine rings is 1. The van der Waals surface area contributed by atoms with Gasteiger partial charge >= 0.3 is 6.09 Å². The Balaban J connectivity index is 1.85. The number of amides is 1. The maximum Gasteiger partial charge on any atom is 0.410 e. The Hall–Kier alpha value is -0.990. The van der Waals surface area contributed by atoms with E-state index in [4.69, 9.17) is 16.3 Å². The quantitative estimate of drug-likeness (QED) is 0.632. The molecule has 2 heterocycles. The Morgan fingerprint density at radius 3 is 2.39 bits per heavy atom. The van der Waals surface area contributed by atoms with E-state index in [9.17, 15) is 9.00 Å². The van der Waals surface area contributed by atoms with Crippen LogP contribution in [0.15, 0.2) is 4.40 Å². The summed E-state index contributed by atoms with van der Waals surface area (Å²) in [7, 11) is -1.37. The maximum absolute atomic E-state index is 12.8. The average Bonchev–Trinajstić information content (AvgIpc) is 3.00. The molecule has 1 spiro atoms. The number of carbonyl (C=O) groups excluding carboxylic acids is 1. The fraction of sp³-hybridized carbons (Fsp3) is 0.737. The third kappa shape index (κ3) is 4.44. The number of nitrogens with zero attached hydrogens (tertiary/aromatic N) is 3. The van der Waals surface area contributed by atoms with E-state index in [1.165, 1.54) is 11.3 Å². The zero-order valence-electron chi connectivity index (χ0n) is 17.3. The van der Waals surface area contributed by atoms with Crippen molar-refractivity contribution in [2.24, 2.45) is 9.81 Å². The Labute approximate surface area is 178 Å². The van der Waals surface area contributed by atoms with Crippen LogP contribution in [-0.2, 0) is 22.1 Å². The van der Waals surface area contributed by atoms with Crippen molar-refractivity contribution < 1.29 is 13.7 Å². The predicted molar refractivity (Wildman–Crippen MR) is 115 cm³/mol. The molecule has 1 atom stereocenters. The summed E-state index contributed by atoms with van der Waals surface area (Å²) >= 11 is 7.53. The Morgan fingerprint density at radius 1 is 1.25 bits per heavy atom. The minimum atomic E-state index is -1.37. The summed E-state index contributed by atoms with van der Waals surface area (Å²) in [5.74, 6) is 0. The molecule has 1 amide bonds. The van der Waals surface area contributed by atoms with Gasteiger partial charge in [0.15, 0.2) is 4.47 Å². The number of likely N-dealkylation sites (tertiary alicyclic amines) is 1. The molecular weight excluding hydrogens is 418 g/mol. The van der Waals surface area contributed by atoms with Gasteiger partial charge in [-0.2, -0.15) is 4.40 Å². The summed E-state index contributed by atoms with van der Waals surface area (Å²) in [5, 5.41) is 0. The third-order valence-electron chi connectivity index (χ3n) is 4.96. The summed E-state index contributed by atoms with van der Waals surface area (Å²) in [6.45, 7) is 12.5. The van der Waals surface area contributed by atoms with Gasteiger partial charge in [0.05, 0.1) is 21.0 Å². The molecule has 156 valence electrons. The van der Waals surface area contributed by atoms with Crippen LogP contribution in [0.4, 0.5) is 4.79 Å². The first-order chi connectivity index (χ1) is 12.8. The van der Waals surface area contributed by atoms with Crippen LogP contribution in [0.3, 0.4) is 0 Å². The highest BCUT2D eigenvalue weighted by atomic mass is 35.5. The largest absolute Gasteiger partial charge is 0.444 e. The number of halogens is 1. The maximum atomic E-state index is 12.8. The number of fused-ring (bicyclic) bond motifs is 1. The summed E-state index contributed by atoms with van der Waals surface area (Å²) in [6.07, 6.45) is 1.93. The van der Waals surface area contributed by atoms with Gasteiger partial charge in [-0.3, -0.25) is 0 Å². The first-order valence-corrected chi connectivity index (χ1v) is 11.8. The lowest BCUT2D eigenvalue weighted by atomic mass is 9.75. The SMILES string of the molecule is CC(C)(C)OC(=O)N1CCC2(CC1)Cc1nc(Cl)sc1C2=N[S@@](=O)C(C)(C)C. The minimum Gasteiger partial charge on any atom is -0.444 e. The van der Waals surface area contributed by atoms with Crippen molar-refractivity contribution in [2.75, 3.05) is 13.1 Å². The number of rotatable bonds is 1. The molecule has 1 aliphatic heterocycles. The molecule has 1 saturated heterocycles. The van der Waals surface area contributed by atoms with Crippen LogP contribution in [-0.4, -0.2) is 49.3 Å². The molecule has 6 nitrogen and oxygen atoms in total. The van der Waals surface area contributed by atoms with Crippen LogP contribution in [0.5, 0.6) is 0 Å². The van der Waals surface area contributed by atoms with Gasteiger partial charge in [0, 0.05) is 24.9 Å². The smallest absolute Gasteiger partial charge is 0.410 e. The van der Waals surface area contributed by atoms with E-state index < -0.39 is 21.3 Å². The Kier molecular flexibility index (Phi) is 5.71. The Morgan fingerprint density at radius 2 is 1.86 bits per heavy atom. The fourth-order valence-electron chi connectivity index (χ4n) is 3.49. The van der Waals surface area contributed by atoms with Crippen LogP contribution in [0.2, 0.25) is 4.47 Å². The van der Waals surface area contributed by atoms with Crippen LogP contribution in [0, 0.1) is 5.41 Å². The monoisotopic (exact) mass is 445 g/mol. The molecule has 9 heteroatoms. The number of thiazole rings is 1. The summed E-state index contributed by atoms with van der Waals surface area (Å²) in [6, 6.07) is 0. The second-order valence-electron chi connectivity index (χ2n) is 9.47. The molecule has 0 unspecified atom stereocenters. The first kappa shape index (κ1) is 21.7. The van der Waals surface area contributed by atoms with E-state index in [0.717, 1.165) is 35.5 Å². The molecule has 0 radical (unpaired) electrons. The van der Waals surface area contributed by atoms with Crippen molar-refractivity contribution in [3.05, 3.63) is 15.0 Å². The first-order valence-electron chi connectivity index (χ1n) is 9.45. The van der Waals surface area contributed by atoms with Gasteiger partial charge in [-0.15, -0.1) is 11.3 Å². The van der Waals surface area contributed by atoms with E-state index in [0.29, 0.717) is 17.6 Å². The Bertz CT molecular complexity index is 828. The van der Waals surface area contributed by atoms with Crippen molar-refractivity contribution >= 4 is 45.7 Å². The van der Waals surface area contributed by atoms with E-state index >= 15 is 0 Å². The number of hydrogen-bond acceptors (Lipinski definition) is 5. The van der Waals surface area contributed by atoms with Gasteiger partial charge in [-0.05, 0) is 54.4 Å². The second kappa shape index (κ2) is 7.36. The van der Waals surface area contributed by atoms with Gasteiger partial charge in [0.2, 0.25) is 0 Å². The minimum absolute atomic E-state index is 0.238. The van der Waals surface area contributed by atoms with E-state index in [1.54, 1.807) is 4.90 Å². The third-order valence-corrected chi connectivity index (χ3v) is 7.57.